The number of ether oxygens (including phenoxy) is 1. The van der Waals surface area contributed by atoms with Crippen molar-refractivity contribution in [2.75, 3.05) is 6.54 Å². The Morgan fingerprint density at radius 3 is 2.53 bits per heavy atom. The van der Waals surface area contributed by atoms with E-state index in [1.54, 1.807) is 0 Å². The SMILES string of the molecule is CC(C)(C)OC(=O)N1CCC[C@H]2C(=O)C3(CCC3)[C@H]21. The maximum atomic E-state index is 12.3. The molecule has 0 radical (unpaired) electrons. The zero-order chi connectivity index (χ0) is 13.8. The maximum absolute atomic E-state index is 12.3. The van der Waals surface area contributed by atoms with Crippen molar-refractivity contribution in [2.24, 2.45) is 11.3 Å². The lowest BCUT2D eigenvalue weighted by Gasteiger charge is -2.63. The van der Waals surface area contributed by atoms with Crippen LogP contribution in [0.15, 0.2) is 0 Å². The molecule has 106 valence electrons. The van der Waals surface area contributed by atoms with E-state index in [-0.39, 0.29) is 23.5 Å². The average molecular weight is 265 g/mol. The van der Waals surface area contributed by atoms with Gasteiger partial charge in [-0.1, -0.05) is 6.42 Å². The van der Waals surface area contributed by atoms with Crippen molar-refractivity contribution in [3.05, 3.63) is 0 Å². The predicted molar refractivity (Wildman–Crippen MR) is 70.7 cm³/mol. The second kappa shape index (κ2) is 3.97. The van der Waals surface area contributed by atoms with Gasteiger partial charge in [0.25, 0.3) is 0 Å². The van der Waals surface area contributed by atoms with E-state index < -0.39 is 5.60 Å². The molecule has 3 rings (SSSR count). The van der Waals surface area contributed by atoms with Crippen LogP contribution in [-0.4, -0.2) is 35.0 Å². The Balaban J connectivity index is 1.78. The highest BCUT2D eigenvalue weighted by Crippen LogP contribution is 2.60. The monoisotopic (exact) mass is 265 g/mol. The van der Waals surface area contributed by atoms with E-state index in [4.69, 9.17) is 4.74 Å². The Morgan fingerprint density at radius 2 is 2.00 bits per heavy atom. The van der Waals surface area contributed by atoms with Crippen LogP contribution >= 0.6 is 0 Å². The molecule has 2 aliphatic carbocycles. The predicted octanol–water partition coefficient (Wildman–Crippen LogP) is 2.76. The van der Waals surface area contributed by atoms with Crippen molar-refractivity contribution in [3.8, 4) is 0 Å². The van der Waals surface area contributed by atoms with Crippen molar-refractivity contribution in [3.63, 3.8) is 0 Å². The number of fused-ring (bicyclic) bond motifs is 2. The molecule has 0 aromatic rings. The maximum Gasteiger partial charge on any atom is 0.410 e. The second-order valence-electron chi connectivity index (χ2n) is 7.24. The molecule has 1 spiro atoms. The molecule has 0 unspecified atom stereocenters. The Hall–Kier alpha value is -1.06. The summed E-state index contributed by atoms with van der Waals surface area (Å²) in [6.45, 7) is 6.40. The molecule has 3 aliphatic rings. The molecule has 1 amide bonds. The van der Waals surface area contributed by atoms with Gasteiger partial charge < -0.3 is 9.64 Å². The molecule has 1 heterocycles. The van der Waals surface area contributed by atoms with Crippen molar-refractivity contribution in [1.82, 2.24) is 4.90 Å². The first-order valence-electron chi connectivity index (χ1n) is 7.39. The summed E-state index contributed by atoms with van der Waals surface area (Å²) in [5, 5.41) is 0. The summed E-state index contributed by atoms with van der Waals surface area (Å²) in [6.07, 6.45) is 4.68. The number of hydrogen-bond donors (Lipinski definition) is 0. The van der Waals surface area contributed by atoms with Crippen molar-refractivity contribution in [1.29, 1.82) is 0 Å². The van der Waals surface area contributed by atoms with E-state index in [2.05, 4.69) is 0 Å². The second-order valence-corrected chi connectivity index (χ2v) is 7.24. The summed E-state index contributed by atoms with van der Waals surface area (Å²) >= 11 is 0. The molecule has 0 bridgehead atoms. The third kappa shape index (κ3) is 1.79. The molecule has 1 saturated heterocycles. The molecule has 3 fully saturated rings. The van der Waals surface area contributed by atoms with Crippen LogP contribution in [0.4, 0.5) is 4.79 Å². The number of carbonyl (C=O) groups is 2. The van der Waals surface area contributed by atoms with Gasteiger partial charge in [0.15, 0.2) is 0 Å². The van der Waals surface area contributed by atoms with Gasteiger partial charge in [0, 0.05) is 12.5 Å². The lowest BCUT2D eigenvalue weighted by Crippen LogP contribution is -2.73. The quantitative estimate of drug-likeness (QED) is 0.676. The van der Waals surface area contributed by atoms with E-state index in [1.807, 2.05) is 25.7 Å². The van der Waals surface area contributed by atoms with Gasteiger partial charge in [0.2, 0.25) is 0 Å². The van der Waals surface area contributed by atoms with Crippen molar-refractivity contribution in [2.45, 2.75) is 64.5 Å². The summed E-state index contributed by atoms with van der Waals surface area (Å²) in [5.74, 6) is 0.499. The first-order valence-corrected chi connectivity index (χ1v) is 7.39. The van der Waals surface area contributed by atoms with Gasteiger partial charge in [-0.25, -0.2) is 4.79 Å². The highest BCUT2D eigenvalue weighted by atomic mass is 16.6. The minimum absolute atomic E-state index is 0.0848. The zero-order valence-corrected chi connectivity index (χ0v) is 12.1. The number of likely N-dealkylation sites (tertiary alicyclic amines) is 1. The topological polar surface area (TPSA) is 46.6 Å². The average Bonchev–Trinajstić information content (AvgIpc) is 2.23. The van der Waals surface area contributed by atoms with E-state index >= 15 is 0 Å². The van der Waals surface area contributed by atoms with Crippen LogP contribution in [0.5, 0.6) is 0 Å². The zero-order valence-electron chi connectivity index (χ0n) is 12.1. The minimum Gasteiger partial charge on any atom is -0.444 e. The normalized spacial score (nSPS) is 32.4. The third-order valence-electron chi connectivity index (χ3n) is 4.90. The highest BCUT2D eigenvalue weighted by Gasteiger charge is 2.67. The van der Waals surface area contributed by atoms with Gasteiger partial charge in [0.05, 0.1) is 11.5 Å². The molecule has 1 aliphatic heterocycles. The number of nitrogens with zero attached hydrogens (tertiary/aromatic N) is 1. The Labute approximate surface area is 114 Å². The summed E-state index contributed by atoms with van der Waals surface area (Å²) in [4.78, 5) is 26.5. The van der Waals surface area contributed by atoms with E-state index in [1.165, 1.54) is 0 Å². The van der Waals surface area contributed by atoms with Gasteiger partial charge in [-0.15, -0.1) is 0 Å². The number of carbonyl (C=O) groups excluding carboxylic acids is 2. The summed E-state index contributed by atoms with van der Waals surface area (Å²) in [6, 6.07) is 0.123. The van der Waals surface area contributed by atoms with Crippen molar-refractivity contribution < 1.29 is 14.3 Å². The smallest absolute Gasteiger partial charge is 0.410 e. The molecule has 19 heavy (non-hydrogen) atoms. The molecular formula is C15H23NO3. The first-order chi connectivity index (χ1) is 8.85. The van der Waals surface area contributed by atoms with Gasteiger partial charge in [-0.2, -0.15) is 0 Å². The number of piperidine rings is 1. The largest absolute Gasteiger partial charge is 0.444 e. The fourth-order valence-electron chi connectivity index (χ4n) is 4.00. The summed E-state index contributed by atoms with van der Waals surface area (Å²) < 4.78 is 5.50. The van der Waals surface area contributed by atoms with Gasteiger partial charge >= 0.3 is 6.09 Å². The summed E-state index contributed by atoms with van der Waals surface area (Å²) in [7, 11) is 0. The van der Waals surface area contributed by atoms with Crippen LogP contribution in [0, 0.1) is 11.3 Å². The van der Waals surface area contributed by atoms with Crippen LogP contribution in [0.2, 0.25) is 0 Å². The Morgan fingerprint density at radius 1 is 1.32 bits per heavy atom. The fourth-order valence-corrected chi connectivity index (χ4v) is 4.00. The Kier molecular flexibility index (Phi) is 2.70. The number of ketones is 1. The lowest BCUT2D eigenvalue weighted by atomic mass is 9.45. The molecule has 4 heteroatoms. The number of Topliss-reactive ketones (excluding diaryl/α,β-unsaturated/α-hetero) is 1. The first kappa shape index (κ1) is 12.9. The fraction of sp³-hybridized carbons (Fsp3) is 0.867. The van der Waals surface area contributed by atoms with Gasteiger partial charge in [-0.05, 0) is 46.5 Å². The van der Waals surface area contributed by atoms with Crippen LogP contribution in [0.3, 0.4) is 0 Å². The molecule has 0 aromatic heterocycles. The van der Waals surface area contributed by atoms with E-state index in [0.717, 1.165) is 38.6 Å². The van der Waals surface area contributed by atoms with Crippen LogP contribution in [-0.2, 0) is 9.53 Å². The Bertz CT molecular complexity index is 420. The van der Waals surface area contributed by atoms with Crippen LogP contribution in [0.25, 0.3) is 0 Å². The standard InChI is InChI=1S/C15H23NO3/c1-14(2,3)19-13(18)16-9-4-6-10-11(16)15(12(10)17)7-5-8-15/h10-11H,4-9H2,1-3H3/t10-,11+/m1/s1. The van der Waals surface area contributed by atoms with Gasteiger partial charge in [-0.3, -0.25) is 4.79 Å². The van der Waals surface area contributed by atoms with E-state index in [0.29, 0.717) is 5.78 Å². The molecule has 2 atom stereocenters. The summed E-state index contributed by atoms with van der Waals surface area (Å²) in [5.41, 5.74) is -0.660. The van der Waals surface area contributed by atoms with E-state index in [9.17, 15) is 9.59 Å². The molecule has 0 aromatic carbocycles. The van der Waals surface area contributed by atoms with Crippen LogP contribution < -0.4 is 0 Å². The van der Waals surface area contributed by atoms with Gasteiger partial charge in [0.1, 0.15) is 11.4 Å². The number of amides is 1. The molecule has 0 N–H and O–H groups in total. The number of hydrogen-bond acceptors (Lipinski definition) is 3. The third-order valence-corrected chi connectivity index (χ3v) is 4.90. The number of rotatable bonds is 0. The molecule has 2 saturated carbocycles. The minimum atomic E-state index is -0.468. The highest BCUT2D eigenvalue weighted by molar-refractivity contribution is 5.97. The lowest BCUT2D eigenvalue weighted by molar-refractivity contribution is -0.177. The van der Waals surface area contributed by atoms with Crippen molar-refractivity contribution >= 4 is 11.9 Å². The van der Waals surface area contributed by atoms with Crippen LogP contribution in [0.1, 0.15) is 52.9 Å². The molecular weight excluding hydrogens is 242 g/mol. The molecule has 4 nitrogen and oxygen atoms in total.